The molecule has 17 heavy (non-hydrogen) atoms. The van der Waals surface area contributed by atoms with Crippen molar-refractivity contribution in [2.45, 2.75) is 6.92 Å². The lowest BCUT2D eigenvalue weighted by Crippen LogP contribution is -2.18. The molecule has 0 spiro atoms. The van der Waals surface area contributed by atoms with Crippen LogP contribution in [0.5, 0.6) is 0 Å². The third-order valence-corrected chi connectivity index (χ3v) is 2.32. The summed E-state index contributed by atoms with van der Waals surface area (Å²) in [4.78, 5) is 22.0. The van der Waals surface area contributed by atoms with Gasteiger partial charge in [0.25, 0.3) is 0 Å². The maximum absolute atomic E-state index is 12.8. The van der Waals surface area contributed by atoms with Gasteiger partial charge in [-0.1, -0.05) is 0 Å². The van der Waals surface area contributed by atoms with E-state index in [1.54, 1.807) is 6.92 Å². The lowest BCUT2D eigenvalue weighted by atomic mass is 10.3. The second-order valence-electron chi connectivity index (χ2n) is 3.54. The molecule has 0 atom stereocenters. The number of hydrogen-bond donors (Lipinski definition) is 0. The van der Waals surface area contributed by atoms with Crippen LogP contribution in [0.15, 0.2) is 35.1 Å². The average molecular weight is 232 g/mol. The van der Waals surface area contributed by atoms with Crippen LogP contribution in [0.1, 0.15) is 16.2 Å². The first-order chi connectivity index (χ1) is 8.11. The van der Waals surface area contributed by atoms with E-state index in [0.29, 0.717) is 17.7 Å². The largest absolute Gasteiger partial charge is 0.296 e. The molecule has 0 aliphatic rings. The minimum atomic E-state index is -0.420. The van der Waals surface area contributed by atoms with E-state index in [-0.39, 0.29) is 11.5 Å². The molecule has 0 amide bonds. The zero-order valence-corrected chi connectivity index (χ0v) is 9.05. The SMILES string of the molecule is Cc1cc(=O)c(C=O)nn1-c1ccc(F)cc1. The number of aldehydes is 1. The fourth-order valence-corrected chi connectivity index (χ4v) is 1.49. The topological polar surface area (TPSA) is 52.0 Å². The fourth-order valence-electron chi connectivity index (χ4n) is 1.49. The van der Waals surface area contributed by atoms with Crippen molar-refractivity contribution >= 4 is 6.29 Å². The third kappa shape index (κ3) is 2.13. The van der Waals surface area contributed by atoms with Crippen molar-refractivity contribution in [3.05, 3.63) is 57.8 Å². The highest BCUT2D eigenvalue weighted by Gasteiger charge is 2.06. The molecule has 2 rings (SSSR count). The molecule has 0 saturated heterocycles. The number of rotatable bonds is 2. The first kappa shape index (κ1) is 11.2. The van der Waals surface area contributed by atoms with Crippen molar-refractivity contribution in [1.29, 1.82) is 0 Å². The van der Waals surface area contributed by atoms with Crippen LogP contribution in [0.2, 0.25) is 0 Å². The van der Waals surface area contributed by atoms with Crippen molar-refractivity contribution in [1.82, 2.24) is 9.78 Å². The summed E-state index contributed by atoms with van der Waals surface area (Å²) in [5.74, 6) is -0.358. The number of aryl methyl sites for hydroxylation is 1. The van der Waals surface area contributed by atoms with Crippen LogP contribution in [0.4, 0.5) is 4.39 Å². The van der Waals surface area contributed by atoms with Gasteiger partial charge in [-0.25, -0.2) is 9.07 Å². The number of hydrogen-bond acceptors (Lipinski definition) is 3. The van der Waals surface area contributed by atoms with E-state index in [1.165, 1.54) is 35.0 Å². The Bertz CT molecular complexity index is 617. The third-order valence-electron chi connectivity index (χ3n) is 2.32. The number of halogens is 1. The van der Waals surface area contributed by atoms with Crippen LogP contribution in [0.25, 0.3) is 5.69 Å². The zero-order chi connectivity index (χ0) is 12.4. The molecule has 1 aromatic heterocycles. The molecule has 0 aliphatic heterocycles. The van der Waals surface area contributed by atoms with Crippen LogP contribution >= 0.6 is 0 Å². The molecule has 4 nitrogen and oxygen atoms in total. The predicted molar refractivity (Wildman–Crippen MR) is 59.9 cm³/mol. The molecule has 5 heteroatoms. The van der Waals surface area contributed by atoms with E-state index in [4.69, 9.17) is 0 Å². The number of carbonyl (C=O) groups excluding carboxylic acids is 1. The summed E-state index contributed by atoms with van der Waals surface area (Å²) >= 11 is 0. The standard InChI is InChI=1S/C12H9FN2O2/c1-8-6-12(17)11(7-16)14-15(8)10-4-2-9(13)3-5-10/h2-7H,1H3. The summed E-state index contributed by atoms with van der Waals surface area (Å²) in [6, 6.07) is 6.94. The van der Waals surface area contributed by atoms with Crippen molar-refractivity contribution < 1.29 is 9.18 Å². The normalized spacial score (nSPS) is 10.2. The molecule has 2 aromatic rings. The fraction of sp³-hybridized carbons (Fsp3) is 0.0833. The minimum absolute atomic E-state index is 0.167. The Balaban J connectivity index is 2.62. The van der Waals surface area contributed by atoms with Gasteiger partial charge in [-0.05, 0) is 31.2 Å². The van der Waals surface area contributed by atoms with E-state index < -0.39 is 5.43 Å². The lowest BCUT2D eigenvalue weighted by molar-refractivity contribution is 0.111. The van der Waals surface area contributed by atoms with Crippen LogP contribution in [0, 0.1) is 12.7 Å². The maximum Gasteiger partial charge on any atom is 0.211 e. The van der Waals surface area contributed by atoms with E-state index in [9.17, 15) is 14.0 Å². The molecular formula is C12H9FN2O2. The molecular weight excluding hydrogens is 223 g/mol. The van der Waals surface area contributed by atoms with Gasteiger partial charge in [-0.3, -0.25) is 9.59 Å². The first-order valence-electron chi connectivity index (χ1n) is 4.94. The Morgan fingerprint density at radius 3 is 2.53 bits per heavy atom. The van der Waals surface area contributed by atoms with E-state index in [1.807, 2.05) is 0 Å². The van der Waals surface area contributed by atoms with Crippen molar-refractivity contribution in [2.75, 3.05) is 0 Å². The average Bonchev–Trinajstić information content (AvgIpc) is 2.31. The van der Waals surface area contributed by atoms with Gasteiger partial charge in [-0.2, -0.15) is 5.10 Å². The smallest absolute Gasteiger partial charge is 0.211 e. The molecule has 0 radical (unpaired) electrons. The quantitative estimate of drug-likeness (QED) is 0.737. The van der Waals surface area contributed by atoms with Crippen molar-refractivity contribution in [3.8, 4) is 5.69 Å². The maximum atomic E-state index is 12.8. The van der Waals surface area contributed by atoms with Crippen LogP contribution < -0.4 is 5.43 Å². The molecule has 1 heterocycles. The molecule has 0 unspecified atom stereocenters. The highest BCUT2D eigenvalue weighted by atomic mass is 19.1. The molecule has 86 valence electrons. The predicted octanol–water partition coefficient (Wildman–Crippen LogP) is 1.49. The van der Waals surface area contributed by atoms with Gasteiger partial charge < -0.3 is 0 Å². The number of nitrogens with zero attached hydrogens (tertiary/aromatic N) is 2. The highest BCUT2D eigenvalue weighted by Crippen LogP contribution is 2.09. The van der Waals surface area contributed by atoms with E-state index in [2.05, 4.69) is 5.10 Å². The van der Waals surface area contributed by atoms with Crippen molar-refractivity contribution in [2.24, 2.45) is 0 Å². The van der Waals surface area contributed by atoms with E-state index in [0.717, 1.165) is 0 Å². The molecule has 0 saturated carbocycles. The van der Waals surface area contributed by atoms with Crippen molar-refractivity contribution in [3.63, 3.8) is 0 Å². The second kappa shape index (κ2) is 4.29. The highest BCUT2D eigenvalue weighted by molar-refractivity contribution is 5.71. The van der Waals surface area contributed by atoms with Gasteiger partial charge in [-0.15, -0.1) is 0 Å². The molecule has 1 aromatic carbocycles. The van der Waals surface area contributed by atoms with Gasteiger partial charge >= 0.3 is 0 Å². The summed E-state index contributed by atoms with van der Waals surface area (Å²) < 4.78 is 14.2. The summed E-state index contributed by atoms with van der Waals surface area (Å²) in [5, 5.41) is 3.90. The molecule has 0 fully saturated rings. The minimum Gasteiger partial charge on any atom is -0.296 e. The second-order valence-corrected chi connectivity index (χ2v) is 3.54. The Labute approximate surface area is 96.3 Å². The molecule has 0 N–H and O–H groups in total. The lowest BCUT2D eigenvalue weighted by Gasteiger charge is -2.09. The Morgan fingerprint density at radius 1 is 1.29 bits per heavy atom. The summed E-state index contributed by atoms with van der Waals surface area (Å²) in [6.45, 7) is 1.69. The first-order valence-corrected chi connectivity index (χ1v) is 4.94. The number of carbonyl (C=O) groups is 1. The Hall–Kier alpha value is -2.30. The zero-order valence-electron chi connectivity index (χ0n) is 9.05. The van der Waals surface area contributed by atoms with Crippen LogP contribution in [-0.4, -0.2) is 16.1 Å². The monoisotopic (exact) mass is 232 g/mol. The van der Waals surface area contributed by atoms with E-state index >= 15 is 0 Å². The summed E-state index contributed by atoms with van der Waals surface area (Å²) in [7, 11) is 0. The van der Waals surface area contributed by atoms with Gasteiger partial charge in [0.05, 0.1) is 5.69 Å². The van der Waals surface area contributed by atoms with Gasteiger partial charge in [0.1, 0.15) is 5.82 Å². The van der Waals surface area contributed by atoms with Gasteiger partial charge in [0.2, 0.25) is 5.43 Å². The number of aromatic nitrogens is 2. The van der Waals surface area contributed by atoms with Crippen LogP contribution in [0.3, 0.4) is 0 Å². The Morgan fingerprint density at radius 2 is 1.94 bits per heavy atom. The Kier molecular flexibility index (Phi) is 2.82. The van der Waals surface area contributed by atoms with Gasteiger partial charge in [0, 0.05) is 11.8 Å². The molecule has 0 bridgehead atoms. The number of benzene rings is 1. The molecule has 0 aliphatic carbocycles. The summed E-state index contributed by atoms with van der Waals surface area (Å²) in [5.41, 5.74) is 0.579. The summed E-state index contributed by atoms with van der Waals surface area (Å²) in [6.07, 6.45) is 0.405. The van der Waals surface area contributed by atoms with Gasteiger partial charge in [0.15, 0.2) is 12.0 Å². The van der Waals surface area contributed by atoms with Crippen LogP contribution in [-0.2, 0) is 0 Å².